The van der Waals surface area contributed by atoms with Gasteiger partial charge in [-0.05, 0) is 31.0 Å². The molecule has 1 aromatic rings. The Kier molecular flexibility index (Phi) is 3.17. The largest absolute Gasteiger partial charge is 0.397 e. The molecule has 0 radical (unpaired) electrons. The monoisotopic (exact) mass is 270 g/mol. The van der Waals surface area contributed by atoms with Crippen LogP contribution in [0.15, 0.2) is 22.7 Å². The van der Waals surface area contributed by atoms with E-state index in [0.29, 0.717) is 0 Å². The Labute approximate surface area is 98.0 Å². The Balaban J connectivity index is 2.15. The van der Waals surface area contributed by atoms with Crippen molar-refractivity contribution in [3.63, 3.8) is 0 Å². The number of benzene rings is 1. The normalized spacial score (nSPS) is 18.1. The molecule has 0 atom stereocenters. The van der Waals surface area contributed by atoms with Crippen LogP contribution in [0.2, 0.25) is 0 Å². The van der Waals surface area contributed by atoms with Crippen molar-refractivity contribution in [3.05, 3.63) is 22.7 Å². The zero-order valence-corrected chi connectivity index (χ0v) is 10.1. The van der Waals surface area contributed by atoms with Crippen LogP contribution in [0.25, 0.3) is 0 Å². The fourth-order valence-corrected chi connectivity index (χ4v) is 2.30. The lowest BCUT2D eigenvalue weighted by Gasteiger charge is -2.32. The molecule has 15 heavy (non-hydrogen) atoms. The first-order valence-corrected chi connectivity index (χ1v) is 5.94. The number of hydrogen-bond donors (Lipinski definition) is 2. The predicted molar refractivity (Wildman–Crippen MR) is 66.0 cm³/mol. The molecule has 3 nitrogen and oxygen atoms in total. The third kappa shape index (κ3) is 2.44. The van der Waals surface area contributed by atoms with Gasteiger partial charge in [0.25, 0.3) is 0 Å². The van der Waals surface area contributed by atoms with E-state index in [0.717, 1.165) is 41.8 Å². The molecule has 1 aliphatic rings. The summed E-state index contributed by atoms with van der Waals surface area (Å²) in [4.78, 5) is 2.23. The summed E-state index contributed by atoms with van der Waals surface area (Å²) in [6, 6.07) is 5.94. The molecule has 82 valence electrons. The number of hydrogen-bond acceptors (Lipinski definition) is 3. The summed E-state index contributed by atoms with van der Waals surface area (Å²) in [6.07, 6.45) is 1.52. The molecular weight excluding hydrogens is 256 g/mol. The number of piperidine rings is 1. The van der Waals surface area contributed by atoms with Gasteiger partial charge in [0.15, 0.2) is 0 Å². The van der Waals surface area contributed by atoms with Crippen molar-refractivity contribution < 1.29 is 5.11 Å². The number of aliphatic hydroxyl groups excluding tert-OH is 1. The molecule has 0 amide bonds. The van der Waals surface area contributed by atoms with E-state index in [1.54, 1.807) is 0 Å². The van der Waals surface area contributed by atoms with Gasteiger partial charge in [-0.15, -0.1) is 0 Å². The van der Waals surface area contributed by atoms with Crippen LogP contribution in [0, 0.1) is 0 Å². The molecule has 1 saturated heterocycles. The quantitative estimate of drug-likeness (QED) is 0.768. The summed E-state index contributed by atoms with van der Waals surface area (Å²) in [7, 11) is 0. The number of aliphatic hydroxyl groups is 1. The van der Waals surface area contributed by atoms with Gasteiger partial charge in [0.05, 0.1) is 17.5 Å². The Bertz CT molecular complexity index is 348. The van der Waals surface area contributed by atoms with E-state index < -0.39 is 0 Å². The maximum atomic E-state index is 9.42. The lowest BCUT2D eigenvalue weighted by Crippen LogP contribution is -2.36. The van der Waals surface area contributed by atoms with Crippen molar-refractivity contribution >= 4 is 27.3 Å². The summed E-state index contributed by atoms with van der Waals surface area (Å²) < 4.78 is 1.00. The lowest BCUT2D eigenvalue weighted by molar-refractivity contribution is 0.145. The van der Waals surface area contributed by atoms with Gasteiger partial charge in [-0.1, -0.05) is 15.9 Å². The van der Waals surface area contributed by atoms with Crippen LogP contribution >= 0.6 is 15.9 Å². The second-order valence-electron chi connectivity index (χ2n) is 3.92. The molecule has 0 unspecified atom stereocenters. The van der Waals surface area contributed by atoms with E-state index >= 15 is 0 Å². The van der Waals surface area contributed by atoms with E-state index in [1.165, 1.54) is 0 Å². The summed E-state index contributed by atoms with van der Waals surface area (Å²) in [5.41, 5.74) is 7.82. The Morgan fingerprint density at radius 3 is 2.60 bits per heavy atom. The highest BCUT2D eigenvalue weighted by atomic mass is 79.9. The van der Waals surface area contributed by atoms with Crippen LogP contribution in [0.5, 0.6) is 0 Å². The van der Waals surface area contributed by atoms with Crippen molar-refractivity contribution in [2.75, 3.05) is 23.7 Å². The molecular formula is C11H15BrN2O. The van der Waals surface area contributed by atoms with Crippen LogP contribution in [0.3, 0.4) is 0 Å². The van der Waals surface area contributed by atoms with Gasteiger partial charge in [0.2, 0.25) is 0 Å². The Morgan fingerprint density at radius 1 is 1.33 bits per heavy atom. The van der Waals surface area contributed by atoms with Crippen molar-refractivity contribution in [3.8, 4) is 0 Å². The summed E-state index contributed by atoms with van der Waals surface area (Å²) in [5.74, 6) is 0. The molecule has 1 heterocycles. The first-order valence-electron chi connectivity index (χ1n) is 5.15. The van der Waals surface area contributed by atoms with Gasteiger partial charge in [-0.3, -0.25) is 0 Å². The zero-order chi connectivity index (χ0) is 10.8. The van der Waals surface area contributed by atoms with E-state index in [9.17, 15) is 5.11 Å². The zero-order valence-electron chi connectivity index (χ0n) is 8.49. The number of rotatable bonds is 1. The van der Waals surface area contributed by atoms with Crippen molar-refractivity contribution in [2.45, 2.75) is 18.9 Å². The average Bonchev–Trinajstić information content (AvgIpc) is 2.20. The highest BCUT2D eigenvalue weighted by molar-refractivity contribution is 9.10. The van der Waals surface area contributed by atoms with E-state index in [-0.39, 0.29) is 6.10 Å². The first kappa shape index (κ1) is 10.8. The number of anilines is 2. The van der Waals surface area contributed by atoms with Gasteiger partial charge in [-0.2, -0.15) is 0 Å². The molecule has 0 spiro atoms. The van der Waals surface area contributed by atoms with Crippen molar-refractivity contribution in [1.29, 1.82) is 0 Å². The molecule has 3 N–H and O–H groups in total. The summed E-state index contributed by atoms with van der Waals surface area (Å²) in [6.45, 7) is 1.76. The molecule has 1 aromatic carbocycles. The number of nitrogens with two attached hydrogens (primary N) is 1. The van der Waals surface area contributed by atoms with Crippen LogP contribution in [-0.4, -0.2) is 24.3 Å². The van der Waals surface area contributed by atoms with Crippen molar-refractivity contribution in [2.24, 2.45) is 0 Å². The van der Waals surface area contributed by atoms with Gasteiger partial charge >= 0.3 is 0 Å². The average molecular weight is 271 g/mol. The first-order chi connectivity index (χ1) is 7.16. The van der Waals surface area contributed by atoms with Crippen LogP contribution in [-0.2, 0) is 0 Å². The third-order valence-corrected chi connectivity index (χ3v) is 3.29. The van der Waals surface area contributed by atoms with Gasteiger partial charge in [0.1, 0.15) is 0 Å². The minimum atomic E-state index is -0.141. The molecule has 0 saturated carbocycles. The fraction of sp³-hybridized carbons (Fsp3) is 0.455. The minimum absolute atomic E-state index is 0.141. The third-order valence-electron chi connectivity index (χ3n) is 2.79. The van der Waals surface area contributed by atoms with Gasteiger partial charge < -0.3 is 15.7 Å². The minimum Gasteiger partial charge on any atom is -0.397 e. The SMILES string of the molecule is Nc1cc(Br)ccc1N1CCC(O)CC1. The molecule has 1 aliphatic heterocycles. The smallest absolute Gasteiger partial charge is 0.0600 e. The van der Waals surface area contributed by atoms with Crippen LogP contribution < -0.4 is 10.6 Å². The summed E-state index contributed by atoms with van der Waals surface area (Å²) in [5, 5.41) is 9.42. The van der Waals surface area contributed by atoms with Crippen LogP contribution in [0.1, 0.15) is 12.8 Å². The van der Waals surface area contributed by atoms with Gasteiger partial charge in [-0.25, -0.2) is 0 Å². The van der Waals surface area contributed by atoms with Crippen LogP contribution in [0.4, 0.5) is 11.4 Å². The Hall–Kier alpha value is -0.740. The van der Waals surface area contributed by atoms with Crippen molar-refractivity contribution in [1.82, 2.24) is 0 Å². The summed E-state index contributed by atoms with van der Waals surface area (Å²) >= 11 is 3.39. The number of halogens is 1. The maximum absolute atomic E-state index is 9.42. The van der Waals surface area contributed by atoms with Gasteiger partial charge in [0, 0.05) is 17.6 Å². The highest BCUT2D eigenvalue weighted by Gasteiger charge is 2.18. The molecule has 0 aliphatic carbocycles. The molecule has 1 fully saturated rings. The molecule has 2 rings (SSSR count). The molecule has 0 bridgehead atoms. The standard InChI is InChI=1S/C11H15BrN2O/c12-8-1-2-11(10(13)7-8)14-5-3-9(15)4-6-14/h1-2,7,9,15H,3-6,13H2. The second kappa shape index (κ2) is 4.41. The maximum Gasteiger partial charge on any atom is 0.0600 e. The van der Waals surface area contributed by atoms with E-state index in [4.69, 9.17) is 5.73 Å². The Morgan fingerprint density at radius 2 is 2.00 bits per heavy atom. The van der Waals surface area contributed by atoms with E-state index in [2.05, 4.69) is 20.8 Å². The highest BCUT2D eigenvalue weighted by Crippen LogP contribution is 2.28. The molecule has 4 heteroatoms. The fourth-order valence-electron chi connectivity index (χ4n) is 1.92. The topological polar surface area (TPSA) is 49.5 Å². The second-order valence-corrected chi connectivity index (χ2v) is 4.84. The van der Waals surface area contributed by atoms with E-state index in [1.807, 2.05) is 18.2 Å². The number of nitrogens with zero attached hydrogens (tertiary/aromatic N) is 1. The number of nitrogen functional groups attached to an aromatic ring is 1. The predicted octanol–water partition coefficient (Wildman–Crippen LogP) is 1.99. The molecule has 0 aromatic heterocycles. The lowest BCUT2D eigenvalue weighted by atomic mass is 10.1.